The van der Waals surface area contributed by atoms with Crippen molar-refractivity contribution in [3.8, 4) is 5.75 Å². The maximum absolute atomic E-state index is 11.6. The molecule has 100 valence electrons. The molecule has 18 heavy (non-hydrogen) atoms. The second-order valence-electron chi connectivity index (χ2n) is 3.87. The van der Waals surface area contributed by atoms with Crippen molar-refractivity contribution in [3.63, 3.8) is 0 Å². The highest BCUT2D eigenvalue weighted by atomic mass is 35.5. The Hall–Kier alpha value is -1.26. The molecule has 3 N–H and O–H groups in total. The first-order chi connectivity index (χ1) is 8.67. The number of unbranched alkanes of at least 4 members (excludes halogenated alkanes) is 1. The van der Waals surface area contributed by atoms with E-state index in [4.69, 9.17) is 22.1 Å². The Balaban J connectivity index is 2.52. The van der Waals surface area contributed by atoms with Crippen LogP contribution in [0.3, 0.4) is 0 Å². The summed E-state index contributed by atoms with van der Waals surface area (Å²) in [7, 11) is 0. The third kappa shape index (κ3) is 4.94. The second kappa shape index (κ2) is 7.95. The molecule has 1 rings (SSSR count). The van der Waals surface area contributed by atoms with Gasteiger partial charge in [0.25, 0.3) is 0 Å². The first-order valence-electron chi connectivity index (χ1n) is 6.09. The van der Waals surface area contributed by atoms with Crippen LogP contribution in [0, 0.1) is 0 Å². The van der Waals surface area contributed by atoms with E-state index in [1.54, 1.807) is 18.2 Å². The molecule has 0 aliphatic heterocycles. The van der Waals surface area contributed by atoms with Gasteiger partial charge in [-0.1, -0.05) is 11.6 Å². The molecule has 5 heteroatoms. The molecule has 4 nitrogen and oxygen atoms in total. The molecule has 1 aromatic carbocycles. The number of nitrogens with two attached hydrogens (primary N) is 1. The van der Waals surface area contributed by atoms with Crippen molar-refractivity contribution in [1.29, 1.82) is 0 Å². The Kier molecular flexibility index (Phi) is 6.54. The third-order valence-electron chi connectivity index (χ3n) is 2.37. The van der Waals surface area contributed by atoms with E-state index in [9.17, 15) is 4.79 Å². The van der Waals surface area contributed by atoms with E-state index < -0.39 is 0 Å². The predicted molar refractivity (Wildman–Crippen MR) is 74.2 cm³/mol. The fourth-order valence-electron chi connectivity index (χ4n) is 1.50. The van der Waals surface area contributed by atoms with E-state index in [2.05, 4.69) is 5.32 Å². The SMILES string of the molecule is CCOc1ccc(NC(=O)CCCCN)cc1Cl. The van der Waals surface area contributed by atoms with Gasteiger partial charge in [-0.3, -0.25) is 4.79 Å². The molecule has 0 radical (unpaired) electrons. The second-order valence-corrected chi connectivity index (χ2v) is 4.28. The third-order valence-corrected chi connectivity index (χ3v) is 2.67. The Bertz CT molecular complexity index is 397. The number of amides is 1. The average molecular weight is 271 g/mol. The fraction of sp³-hybridized carbons (Fsp3) is 0.462. The van der Waals surface area contributed by atoms with Gasteiger partial charge in [0.05, 0.1) is 11.6 Å². The molecule has 0 aliphatic rings. The van der Waals surface area contributed by atoms with Gasteiger partial charge in [0.1, 0.15) is 5.75 Å². The van der Waals surface area contributed by atoms with Crippen molar-refractivity contribution in [1.82, 2.24) is 0 Å². The zero-order chi connectivity index (χ0) is 13.4. The van der Waals surface area contributed by atoms with Crippen molar-refractivity contribution >= 4 is 23.2 Å². The number of nitrogens with one attached hydrogen (secondary N) is 1. The van der Waals surface area contributed by atoms with Crippen LogP contribution < -0.4 is 15.8 Å². The predicted octanol–water partition coefficient (Wildman–Crippen LogP) is 2.81. The highest BCUT2D eigenvalue weighted by Crippen LogP contribution is 2.27. The number of hydrogen-bond donors (Lipinski definition) is 2. The molecule has 0 atom stereocenters. The van der Waals surface area contributed by atoms with Crippen molar-refractivity contribution in [2.45, 2.75) is 26.2 Å². The summed E-state index contributed by atoms with van der Waals surface area (Å²) in [6.07, 6.45) is 2.13. The Morgan fingerprint density at radius 2 is 2.22 bits per heavy atom. The van der Waals surface area contributed by atoms with Gasteiger partial charge >= 0.3 is 0 Å². The summed E-state index contributed by atoms with van der Waals surface area (Å²) < 4.78 is 5.32. The van der Waals surface area contributed by atoms with Gasteiger partial charge in [-0.05, 0) is 44.5 Å². The zero-order valence-corrected chi connectivity index (χ0v) is 11.3. The lowest BCUT2D eigenvalue weighted by molar-refractivity contribution is -0.116. The lowest BCUT2D eigenvalue weighted by Gasteiger charge is -2.09. The molecule has 1 aromatic rings. The summed E-state index contributed by atoms with van der Waals surface area (Å²) in [5.41, 5.74) is 6.05. The van der Waals surface area contributed by atoms with Crippen LogP contribution in [-0.2, 0) is 4.79 Å². The number of benzene rings is 1. The lowest BCUT2D eigenvalue weighted by Crippen LogP contribution is -2.12. The Labute approximate surface area is 112 Å². The van der Waals surface area contributed by atoms with Crippen LogP contribution in [0.2, 0.25) is 5.02 Å². The Morgan fingerprint density at radius 3 is 2.83 bits per heavy atom. The first kappa shape index (κ1) is 14.8. The van der Waals surface area contributed by atoms with Crippen LogP contribution >= 0.6 is 11.6 Å². The highest BCUT2D eigenvalue weighted by molar-refractivity contribution is 6.32. The largest absolute Gasteiger partial charge is 0.492 e. The molecule has 0 aliphatic carbocycles. The summed E-state index contributed by atoms with van der Waals surface area (Å²) in [6, 6.07) is 5.21. The van der Waals surface area contributed by atoms with E-state index in [0.717, 1.165) is 12.8 Å². The summed E-state index contributed by atoms with van der Waals surface area (Å²) in [5, 5.41) is 3.29. The van der Waals surface area contributed by atoms with Crippen molar-refractivity contribution in [2.75, 3.05) is 18.5 Å². The Morgan fingerprint density at radius 1 is 1.44 bits per heavy atom. The molecule has 0 saturated carbocycles. The van der Waals surface area contributed by atoms with Gasteiger partial charge in [-0.25, -0.2) is 0 Å². The van der Waals surface area contributed by atoms with Gasteiger partial charge < -0.3 is 15.8 Å². The summed E-state index contributed by atoms with van der Waals surface area (Å²) in [4.78, 5) is 11.6. The first-order valence-corrected chi connectivity index (χ1v) is 6.47. The average Bonchev–Trinajstić information content (AvgIpc) is 2.33. The molecule has 0 unspecified atom stereocenters. The van der Waals surface area contributed by atoms with Crippen LogP contribution in [0.5, 0.6) is 5.75 Å². The minimum atomic E-state index is -0.0244. The minimum absolute atomic E-state index is 0.0244. The van der Waals surface area contributed by atoms with E-state index in [1.165, 1.54) is 0 Å². The minimum Gasteiger partial charge on any atom is -0.492 e. The number of ether oxygens (including phenoxy) is 1. The lowest BCUT2D eigenvalue weighted by atomic mass is 10.2. The van der Waals surface area contributed by atoms with Gasteiger partial charge in [0.15, 0.2) is 0 Å². The van der Waals surface area contributed by atoms with E-state index >= 15 is 0 Å². The number of rotatable bonds is 7. The number of carbonyl (C=O) groups is 1. The normalized spacial score (nSPS) is 10.2. The molecule has 0 bridgehead atoms. The molecule has 0 fully saturated rings. The molecular formula is C13H19ClN2O2. The van der Waals surface area contributed by atoms with Gasteiger partial charge in [-0.2, -0.15) is 0 Å². The maximum Gasteiger partial charge on any atom is 0.224 e. The zero-order valence-electron chi connectivity index (χ0n) is 10.5. The number of carbonyl (C=O) groups excluding carboxylic acids is 1. The van der Waals surface area contributed by atoms with Gasteiger partial charge in [0.2, 0.25) is 5.91 Å². The molecule has 0 saturated heterocycles. The van der Waals surface area contributed by atoms with Crippen LogP contribution in [0.1, 0.15) is 26.2 Å². The summed E-state index contributed by atoms with van der Waals surface area (Å²) in [5.74, 6) is 0.601. The maximum atomic E-state index is 11.6. The highest BCUT2D eigenvalue weighted by Gasteiger charge is 2.05. The van der Waals surface area contributed by atoms with Crippen LogP contribution in [-0.4, -0.2) is 19.1 Å². The summed E-state index contributed by atoms with van der Waals surface area (Å²) >= 11 is 6.03. The van der Waals surface area contributed by atoms with Gasteiger partial charge in [-0.15, -0.1) is 0 Å². The molecule has 1 amide bonds. The number of halogens is 1. The molecular weight excluding hydrogens is 252 g/mol. The van der Waals surface area contributed by atoms with E-state index in [0.29, 0.717) is 36.0 Å². The van der Waals surface area contributed by atoms with Crippen molar-refractivity contribution < 1.29 is 9.53 Å². The fourth-order valence-corrected chi connectivity index (χ4v) is 1.74. The van der Waals surface area contributed by atoms with Gasteiger partial charge in [0, 0.05) is 12.1 Å². The van der Waals surface area contributed by atoms with Crippen LogP contribution in [0.4, 0.5) is 5.69 Å². The van der Waals surface area contributed by atoms with E-state index in [-0.39, 0.29) is 5.91 Å². The number of hydrogen-bond acceptors (Lipinski definition) is 3. The smallest absolute Gasteiger partial charge is 0.224 e. The van der Waals surface area contributed by atoms with E-state index in [1.807, 2.05) is 6.92 Å². The summed E-state index contributed by atoms with van der Waals surface area (Å²) in [6.45, 7) is 3.07. The standard InChI is InChI=1S/C13H19ClN2O2/c1-2-18-12-7-6-10(9-11(12)14)16-13(17)5-3-4-8-15/h6-7,9H,2-5,8,15H2,1H3,(H,16,17). The monoisotopic (exact) mass is 270 g/mol. The molecule has 0 aromatic heterocycles. The molecule has 0 spiro atoms. The van der Waals surface area contributed by atoms with Crippen LogP contribution in [0.25, 0.3) is 0 Å². The number of anilines is 1. The van der Waals surface area contributed by atoms with Crippen molar-refractivity contribution in [2.24, 2.45) is 5.73 Å². The molecule has 0 heterocycles. The quantitative estimate of drug-likeness (QED) is 0.749. The van der Waals surface area contributed by atoms with Crippen molar-refractivity contribution in [3.05, 3.63) is 23.2 Å². The van der Waals surface area contributed by atoms with Crippen LogP contribution in [0.15, 0.2) is 18.2 Å². The topological polar surface area (TPSA) is 64.3 Å².